The second-order valence-electron chi connectivity index (χ2n) is 4.47. The molecule has 2 rings (SSSR count). The molecule has 0 saturated carbocycles. The van der Waals surface area contributed by atoms with Crippen molar-refractivity contribution in [3.63, 3.8) is 0 Å². The van der Waals surface area contributed by atoms with E-state index in [-0.39, 0.29) is 0 Å². The Labute approximate surface area is 108 Å². The summed E-state index contributed by atoms with van der Waals surface area (Å²) in [5, 5.41) is 0. The van der Waals surface area contributed by atoms with Crippen molar-refractivity contribution in [3.8, 4) is 11.5 Å². The summed E-state index contributed by atoms with van der Waals surface area (Å²) in [6.07, 6.45) is 1.76. The zero-order valence-corrected chi connectivity index (χ0v) is 11.3. The Hall–Kier alpha value is -1.61. The topological polar surface area (TPSA) is 29.3 Å². The fourth-order valence-corrected chi connectivity index (χ4v) is 1.88. The third-order valence-electron chi connectivity index (χ3n) is 3.13. The molecule has 0 amide bonds. The minimum atomic E-state index is 0.706. The maximum Gasteiger partial charge on any atom is 0.226 e. The average molecular weight is 244 g/mol. The van der Waals surface area contributed by atoms with Crippen LogP contribution in [-0.4, -0.2) is 23.0 Å². The number of hydrogen-bond donors (Lipinski definition) is 0. The van der Waals surface area contributed by atoms with Gasteiger partial charge in [0, 0.05) is 12.1 Å². The lowest BCUT2D eigenvalue weighted by atomic mass is 10.1. The van der Waals surface area contributed by atoms with Crippen LogP contribution in [0.15, 0.2) is 34.9 Å². The fourth-order valence-electron chi connectivity index (χ4n) is 1.88. The Balaban J connectivity index is 2.12. The Morgan fingerprint density at radius 2 is 1.78 bits per heavy atom. The molecule has 0 unspecified atom stereocenters. The Morgan fingerprint density at radius 1 is 1.11 bits per heavy atom. The molecule has 0 spiro atoms. The summed E-state index contributed by atoms with van der Waals surface area (Å²) in [5.74, 6) is 0.706. The molecule has 0 bridgehead atoms. The first-order valence-corrected chi connectivity index (χ1v) is 6.46. The maximum atomic E-state index is 5.54. The van der Waals surface area contributed by atoms with Crippen LogP contribution in [0.2, 0.25) is 0 Å². The Bertz CT molecular complexity index is 483. The third-order valence-corrected chi connectivity index (χ3v) is 3.13. The van der Waals surface area contributed by atoms with E-state index < -0.39 is 0 Å². The molecule has 1 aromatic carbocycles. The number of aromatic nitrogens is 1. The van der Waals surface area contributed by atoms with E-state index in [1.54, 1.807) is 6.26 Å². The highest BCUT2D eigenvalue weighted by molar-refractivity contribution is 5.53. The van der Waals surface area contributed by atoms with E-state index >= 15 is 0 Å². The van der Waals surface area contributed by atoms with Gasteiger partial charge >= 0.3 is 0 Å². The van der Waals surface area contributed by atoms with Crippen LogP contribution in [0.1, 0.15) is 25.1 Å². The number of rotatable bonds is 5. The molecule has 0 radical (unpaired) electrons. The van der Waals surface area contributed by atoms with E-state index in [2.05, 4.69) is 42.8 Å². The van der Waals surface area contributed by atoms with Gasteiger partial charge in [0.2, 0.25) is 5.89 Å². The van der Waals surface area contributed by atoms with E-state index in [1.807, 2.05) is 12.1 Å². The normalized spacial score (nSPS) is 11.1. The predicted molar refractivity (Wildman–Crippen MR) is 73.3 cm³/mol. The van der Waals surface area contributed by atoms with Crippen LogP contribution in [0.5, 0.6) is 0 Å². The van der Waals surface area contributed by atoms with Crippen LogP contribution in [0, 0.1) is 6.92 Å². The summed E-state index contributed by atoms with van der Waals surface area (Å²) in [6, 6.07) is 8.23. The molecule has 1 aromatic heterocycles. The van der Waals surface area contributed by atoms with E-state index in [1.165, 1.54) is 5.56 Å². The molecular weight excluding hydrogens is 224 g/mol. The van der Waals surface area contributed by atoms with E-state index in [4.69, 9.17) is 4.42 Å². The summed E-state index contributed by atoms with van der Waals surface area (Å²) in [4.78, 5) is 6.85. The Kier molecular flexibility index (Phi) is 4.15. The first-order valence-electron chi connectivity index (χ1n) is 6.46. The van der Waals surface area contributed by atoms with Crippen LogP contribution in [0.3, 0.4) is 0 Å². The van der Waals surface area contributed by atoms with Crippen LogP contribution < -0.4 is 0 Å². The molecule has 3 heteroatoms. The number of aryl methyl sites for hydroxylation is 1. The van der Waals surface area contributed by atoms with Gasteiger partial charge in [0.1, 0.15) is 6.26 Å². The zero-order valence-electron chi connectivity index (χ0n) is 11.3. The highest BCUT2D eigenvalue weighted by Gasteiger charge is 2.08. The van der Waals surface area contributed by atoms with Crippen molar-refractivity contribution < 1.29 is 4.42 Å². The van der Waals surface area contributed by atoms with E-state index in [0.29, 0.717) is 5.89 Å². The van der Waals surface area contributed by atoms with Crippen LogP contribution in [0.4, 0.5) is 0 Å². The highest BCUT2D eigenvalue weighted by atomic mass is 16.3. The van der Waals surface area contributed by atoms with Gasteiger partial charge < -0.3 is 4.42 Å². The molecule has 0 atom stereocenters. The lowest BCUT2D eigenvalue weighted by Crippen LogP contribution is -2.22. The van der Waals surface area contributed by atoms with Gasteiger partial charge in [0.15, 0.2) is 0 Å². The van der Waals surface area contributed by atoms with Crippen molar-refractivity contribution in [3.05, 3.63) is 41.8 Å². The third kappa shape index (κ3) is 2.99. The molecule has 18 heavy (non-hydrogen) atoms. The molecule has 0 aliphatic rings. The molecule has 0 saturated heterocycles. The van der Waals surface area contributed by atoms with E-state index in [9.17, 15) is 0 Å². The van der Waals surface area contributed by atoms with Gasteiger partial charge in [-0.2, -0.15) is 0 Å². The molecule has 2 aromatic rings. The zero-order chi connectivity index (χ0) is 13.0. The minimum absolute atomic E-state index is 0.706. The van der Waals surface area contributed by atoms with E-state index in [0.717, 1.165) is 30.9 Å². The SMILES string of the molecule is CCN(CC)Cc1coc(-c2ccc(C)cc2)n1. The second-order valence-corrected chi connectivity index (χ2v) is 4.47. The smallest absolute Gasteiger partial charge is 0.226 e. The number of nitrogens with zero attached hydrogens (tertiary/aromatic N) is 2. The summed E-state index contributed by atoms with van der Waals surface area (Å²) >= 11 is 0. The quantitative estimate of drug-likeness (QED) is 0.806. The molecule has 0 aliphatic heterocycles. The fraction of sp³-hybridized carbons (Fsp3) is 0.400. The minimum Gasteiger partial charge on any atom is -0.444 e. The van der Waals surface area contributed by atoms with Crippen molar-refractivity contribution >= 4 is 0 Å². The average Bonchev–Trinajstić information content (AvgIpc) is 2.85. The van der Waals surface area contributed by atoms with Gasteiger partial charge in [0.25, 0.3) is 0 Å². The highest BCUT2D eigenvalue weighted by Crippen LogP contribution is 2.19. The molecule has 0 fully saturated rings. The van der Waals surface area contributed by atoms with Gasteiger partial charge in [0.05, 0.1) is 5.69 Å². The lowest BCUT2D eigenvalue weighted by Gasteiger charge is -2.15. The van der Waals surface area contributed by atoms with Crippen molar-refractivity contribution in [2.75, 3.05) is 13.1 Å². The molecule has 96 valence electrons. The molecular formula is C15H20N2O. The second kappa shape index (κ2) is 5.83. The van der Waals surface area contributed by atoms with Gasteiger partial charge in [-0.3, -0.25) is 4.90 Å². The van der Waals surface area contributed by atoms with Crippen LogP contribution in [0.25, 0.3) is 11.5 Å². The molecule has 0 aliphatic carbocycles. The standard InChI is InChI=1S/C15H20N2O/c1-4-17(5-2)10-14-11-18-15(16-14)13-8-6-12(3)7-9-13/h6-9,11H,4-5,10H2,1-3H3. The molecule has 3 nitrogen and oxygen atoms in total. The van der Waals surface area contributed by atoms with Gasteiger partial charge in [-0.15, -0.1) is 0 Å². The van der Waals surface area contributed by atoms with Crippen LogP contribution >= 0.6 is 0 Å². The predicted octanol–water partition coefficient (Wildman–Crippen LogP) is 3.49. The summed E-state index contributed by atoms with van der Waals surface area (Å²) in [5.41, 5.74) is 3.27. The monoisotopic (exact) mass is 244 g/mol. The van der Waals surface area contributed by atoms with Crippen LogP contribution in [-0.2, 0) is 6.54 Å². The first kappa shape index (κ1) is 12.8. The van der Waals surface area contributed by atoms with Crippen molar-refractivity contribution in [2.24, 2.45) is 0 Å². The first-order chi connectivity index (χ1) is 8.72. The summed E-state index contributed by atoms with van der Waals surface area (Å²) in [6.45, 7) is 9.30. The van der Waals surface area contributed by atoms with Gasteiger partial charge in [-0.05, 0) is 32.1 Å². The van der Waals surface area contributed by atoms with Gasteiger partial charge in [-0.25, -0.2) is 4.98 Å². The summed E-state index contributed by atoms with van der Waals surface area (Å²) in [7, 11) is 0. The number of hydrogen-bond acceptors (Lipinski definition) is 3. The Morgan fingerprint density at radius 3 is 2.39 bits per heavy atom. The number of benzene rings is 1. The van der Waals surface area contributed by atoms with Crippen molar-refractivity contribution in [2.45, 2.75) is 27.3 Å². The molecule has 0 N–H and O–H groups in total. The van der Waals surface area contributed by atoms with Crippen molar-refractivity contribution in [1.82, 2.24) is 9.88 Å². The van der Waals surface area contributed by atoms with Gasteiger partial charge in [-0.1, -0.05) is 31.5 Å². The maximum absolute atomic E-state index is 5.54. The molecule has 1 heterocycles. The lowest BCUT2D eigenvalue weighted by molar-refractivity contribution is 0.292. The van der Waals surface area contributed by atoms with Crippen molar-refractivity contribution in [1.29, 1.82) is 0 Å². The largest absolute Gasteiger partial charge is 0.444 e. The summed E-state index contributed by atoms with van der Waals surface area (Å²) < 4.78 is 5.54. The number of oxazole rings is 1.